The van der Waals surface area contributed by atoms with Crippen LogP contribution in [0.4, 0.5) is 0 Å². The quantitative estimate of drug-likeness (QED) is 0.717. The van der Waals surface area contributed by atoms with E-state index in [9.17, 15) is 14.7 Å². The summed E-state index contributed by atoms with van der Waals surface area (Å²) in [7, 11) is 0. The highest BCUT2D eigenvalue weighted by molar-refractivity contribution is 6.31. The summed E-state index contributed by atoms with van der Waals surface area (Å²) < 4.78 is 0. The maximum Gasteiger partial charge on any atom is 0.239 e. The van der Waals surface area contributed by atoms with Crippen LogP contribution in [0.15, 0.2) is 24.3 Å². The van der Waals surface area contributed by atoms with E-state index in [1.165, 1.54) is 4.90 Å². The van der Waals surface area contributed by atoms with Crippen LogP contribution in [-0.4, -0.2) is 54.5 Å². The zero-order valence-corrected chi connectivity index (χ0v) is 13.5. The summed E-state index contributed by atoms with van der Waals surface area (Å²) in [6.07, 6.45) is -0.874. The van der Waals surface area contributed by atoms with E-state index in [2.05, 4.69) is 10.6 Å². The van der Waals surface area contributed by atoms with E-state index in [0.29, 0.717) is 23.7 Å². The Bertz CT molecular complexity index is 528. The van der Waals surface area contributed by atoms with Gasteiger partial charge >= 0.3 is 0 Å². The number of hydrogen-bond acceptors (Lipinski definition) is 4. The third kappa shape index (κ3) is 5.14. The van der Waals surface area contributed by atoms with E-state index in [0.717, 1.165) is 0 Å². The Labute approximate surface area is 140 Å². The number of rotatable bonds is 5. The first-order valence-corrected chi connectivity index (χ1v) is 7.13. The van der Waals surface area contributed by atoms with Gasteiger partial charge in [-0.1, -0.05) is 29.8 Å². The zero-order valence-electron chi connectivity index (χ0n) is 11.9. The highest BCUT2D eigenvalue weighted by atomic mass is 35.5. The number of halogens is 2. The first-order chi connectivity index (χ1) is 10.1. The normalized spacial score (nSPS) is 15.9. The molecule has 0 saturated carbocycles. The van der Waals surface area contributed by atoms with Crippen LogP contribution in [0.5, 0.6) is 0 Å². The van der Waals surface area contributed by atoms with E-state index in [4.69, 9.17) is 11.6 Å². The van der Waals surface area contributed by atoms with Crippen LogP contribution in [0.2, 0.25) is 5.02 Å². The molecule has 1 heterocycles. The van der Waals surface area contributed by atoms with Crippen molar-refractivity contribution >= 4 is 35.8 Å². The van der Waals surface area contributed by atoms with Crippen molar-refractivity contribution in [2.75, 3.05) is 32.7 Å². The van der Waals surface area contributed by atoms with Crippen LogP contribution >= 0.6 is 24.0 Å². The second-order valence-corrected chi connectivity index (χ2v) is 5.24. The summed E-state index contributed by atoms with van der Waals surface area (Å²) in [6.45, 7) is 1.52. The summed E-state index contributed by atoms with van der Waals surface area (Å²) in [5.41, 5.74) is 0.567. The van der Waals surface area contributed by atoms with Gasteiger partial charge in [0.05, 0.1) is 19.2 Å². The minimum atomic E-state index is -0.874. The first-order valence-electron chi connectivity index (χ1n) is 6.75. The van der Waals surface area contributed by atoms with Gasteiger partial charge in [-0.3, -0.25) is 9.59 Å². The standard InChI is InChI=1S/C14H18ClN3O3.ClH/c15-11-4-2-1-3-10(11)12(19)7-17-13(20)9-18-6-5-16-8-14(18)21;/h1-4,12,16,19H,5-9H2,(H,17,20);1H. The van der Waals surface area contributed by atoms with E-state index in [1.54, 1.807) is 24.3 Å². The molecule has 1 saturated heterocycles. The van der Waals surface area contributed by atoms with Gasteiger partial charge < -0.3 is 20.6 Å². The van der Waals surface area contributed by atoms with Gasteiger partial charge in [0.25, 0.3) is 0 Å². The van der Waals surface area contributed by atoms with Gasteiger partial charge in [0.1, 0.15) is 0 Å². The maximum absolute atomic E-state index is 11.8. The van der Waals surface area contributed by atoms with Crippen LogP contribution < -0.4 is 10.6 Å². The smallest absolute Gasteiger partial charge is 0.239 e. The molecular weight excluding hydrogens is 329 g/mol. The number of nitrogens with one attached hydrogen (secondary N) is 2. The molecule has 1 aliphatic heterocycles. The van der Waals surface area contributed by atoms with Gasteiger partial charge in [-0.2, -0.15) is 0 Å². The Hall–Kier alpha value is -1.34. The lowest BCUT2D eigenvalue weighted by Gasteiger charge is -2.26. The average Bonchev–Trinajstić information content (AvgIpc) is 2.48. The molecule has 0 radical (unpaired) electrons. The number of aliphatic hydroxyl groups excluding tert-OH is 1. The fourth-order valence-corrected chi connectivity index (χ4v) is 2.37. The summed E-state index contributed by atoms with van der Waals surface area (Å²) in [6, 6.07) is 6.93. The summed E-state index contributed by atoms with van der Waals surface area (Å²) in [5.74, 6) is -0.389. The van der Waals surface area contributed by atoms with Crippen LogP contribution in [0.3, 0.4) is 0 Å². The van der Waals surface area contributed by atoms with Gasteiger partial charge in [0.15, 0.2) is 0 Å². The molecule has 2 amide bonds. The lowest BCUT2D eigenvalue weighted by atomic mass is 10.1. The molecule has 1 aliphatic rings. The van der Waals surface area contributed by atoms with Crippen molar-refractivity contribution in [1.82, 2.24) is 15.5 Å². The Morgan fingerprint density at radius 3 is 2.86 bits per heavy atom. The fraction of sp³-hybridized carbons (Fsp3) is 0.429. The Morgan fingerprint density at radius 1 is 1.45 bits per heavy atom. The molecule has 6 nitrogen and oxygen atoms in total. The first kappa shape index (κ1) is 18.7. The van der Waals surface area contributed by atoms with Crippen molar-refractivity contribution in [3.63, 3.8) is 0 Å². The van der Waals surface area contributed by atoms with Gasteiger partial charge in [0.2, 0.25) is 11.8 Å². The third-order valence-corrected chi connectivity index (χ3v) is 3.62. The van der Waals surface area contributed by atoms with Gasteiger partial charge in [-0.05, 0) is 6.07 Å². The molecule has 0 aromatic heterocycles. The monoisotopic (exact) mass is 347 g/mol. The molecule has 122 valence electrons. The van der Waals surface area contributed by atoms with E-state index < -0.39 is 6.10 Å². The summed E-state index contributed by atoms with van der Waals surface area (Å²) in [4.78, 5) is 24.9. The molecule has 0 aliphatic carbocycles. The number of amides is 2. The van der Waals surface area contributed by atoms with Crippen molar-refractivity contribution in [2.24, 2.45) is 0 Å². The number of piperazine rings is 1. The molecule has 2 rings (SSSR count). The highest BCUT2D eigenvalue weighted by Crippen LogP contribution is 2.21. The fourth-order valence-electron chi connectivity index (χ4n) is 2.11. The van der Waals surface area contributed by atoms with Crippen LogP contribution in [-0.2, 0) is 9.59 Å². The summed E-state index contributed by atoms with van der Waals surface area (Å²) in [5, 5.41) is 16.0. The number of nitrogens with zero attached hydrogens (tertiary/aromatic N) is 1. The third-order valence-electron chi connectivity index (χ3n) is 3.28. The SMILES string of the molecule is Cl.O=C(CN1CCNCC1=O)NCC(O)c1ccccc1Cl. The van der Waals surface area contributed by atoms with Gasteiger partial charge in [-0.25, -0.2) is 0 Å². The van der Waals surface area contributed by atoms with E-state index >= 15 is 0 Å². The molecule has 22 heavy (non-hydrogen) atoms. The minimum Gasteiger partial charge on any atom is -0.387 e. The largest absolute Gasteiger partial charge is 0.387 e. The average molecular weight is 348 g/mol. The van der Waals surface area contributed by atoms with Crippen molar-refractivity contribution in [2.45, 2.75) is 6.10 Å². The highest BCUT2D eigenvalue weighted by Gasteiger charge is 2.20. The van der Waals surface area contributed by atoms with E-state index in [1.807, 2.05) is 0 Å². The van der Waals surface area contributed by atoms with Crippen LogP contribution in [0, 0.1) is 0 Å². The topological polar surface area (TPSA) is 81.7 Å². The molecule has 0 bridgehead atoms. The number of benzene rings is 1. The van der Waals surface area contributed by atoms with E-state index in [-0.39, 0.29) is 43.9 Å². The molecule has 1 fully saturated rings. The molecule has 1 aromatic rings. The van der Waals surface area contributed by atoms with Crippen molar-refractivity contribution in [3.05, 3.63) is 34.9 Å². The number of carbonyl (C=O) groups excluding carboxylic acids is 2. The molecule has 0 spiro atoms. The second kappa shape index (κ2) is 8.95. The molecule has 1 atom stereocenters. The van der Waals surface area contributed by atoms with Crippen molar-refractivity contribution in [3.8, 4) is 0 Å². The number of aliphatic hydroxyl groups is 1. The molecule has 8 heteroatoms. The maximum atomic E-state index is 11.8. The predicted octanol–water partition coefficient (Wildman–Crippen LogP) is 0.343. The molecule has 1 unspecified atom stereocenters. The predicted molar refractivity (Wildman–Crippen MR) is 86.1 cm³/mol. The van der Waals surface area contributed by atoms with Crippen molar-refractivity contribution < 1.29 is 14.7 Å². The lowest BCUT2D eigenvalue weighted by Crippen LogP contribution is -2.51. The summed E-state index contributed by atoms with van der Waals surface area (Å²) >= 11 is 5.98. The zero-order chi connectivity index (χ0) is 15.2. The minimum absolute atomic E-state index is 0. The molecule has 1 aromatic carbocycles. The Balaban J connectivity index is 0.00000242. The Kier molecular flexibility index (Phi) is 7.61. The molecular formula is C14H19Cl2N3O3. The lowest BCUT2D eigenvalue weighted by molar-refractivity contribution is -0.136. The Morgan fingerprint density at radius 2 is 2.18 bits per heavy atom. The van der Waals surface area contributed by atoms with Crippen LogP contribution in [0.1, 0.15) is 11.7 Å². The number of hydrogen-bond donors (Lipinski definition) is 3. The van der Waals surface area contributed by atoms with Crippen LogP contribution in [0.25, 0.3) is 0 Å². The van der Waals surface area contributed by atoms with Crippen molar-refractivity contribution in [1.29, 1.82) is 0 Å². The van der Waals surface area contributed by atoms with Gasteiger partial charge in [-0.15, -0.1) is 12.4 Å². The van der Waals surface area contributed by atoms with Gasteiger partial charge in [0, 0.05) is 30.2 Å². The second-order valence-electron chi connectivity index (χ2n) is 4.83. The molecule has 3 N–H and O–H groups in total. The number of carbonyl (C=O) groups is 2.